The molecule has 0 saturated carbocycles. The van der Waals surface area contributed by atoms with E-state index in [2.05, 4.69) is 36.5 Å². The van der Waals surface area contributed by atoms with Crippen molar-refractivity contribution >= 4 is 11.8 Å². The van der Waals surface area contributed by atoms with Gasteiger partial charge in [0.25, 0.3) is 0 Å². The summed E-state index contributed by atoms with van der Waals surface area (Å²) in [7, 11) is 0. The van der Waals surface area contributed by atoms with Crippen LogP contribution in [0.3, 0.4) is 0 Å². The second kappa shape index (κ2) is 5.03. The minimum absolute atomic E-state index is 0.472. The molecule has 1 fully saturated rings. The van der Waals surface area contributed by atoms with E-state index in [4.69, 9.17) is 0 Å². The molecule has 0 aliphatic carbocycles. The quantitative estimate of drug-likeness (QED) is 0.830. The molecular weight excluding hydrogens is 206 g/mol. The fourth-order valence-electron chi connectivity index (χ4n) is 1.54. The molecule has 0 amide bonds. The molecule has 1 saturated heterocycles. The number of hydrogen-bond acceptors (Lipinski definition) is 3. The van der Waals surface area contributed by atoms with Crippen LogP contribution in [0.4, 0.5) is 0 Å². The highest BCUT2D eigenvalue weighted by atomic mass is 32.2. The van der Waals surface area contributed by atoms with Crippen LogP contribution in [0.15, 0.2) is 12.3 Å². The van der Waals surface area contributed by atoms with Gasteiger partial charge in [0, 0.05) is 18.0 Å². The lowest BCUT2D eigenvalue weighted by molar-refractivity contribution is 0.385. The molecule has 0 bridgehead atoms. The van der Waals surface area contributed by atoms with Gasteiger partial charge in [0.1, 0.15) is 0 Å². The zero-order valence-corrected chi connectivity index (χ0v) is 10.3. The van der Waals surface area contributed by atoms with E-state index in [0.717, 1.165) is 11.7 Å². The van der Waals surface area contributed by atoms with E-state index < -0.39 is 0 Å². The van der Waals surface area contributed by atoms with E-state index in [1.807, 2.05) is 16.4 Å². The van der Waals surface area contributed by atoms with E-state index in [0.29, 0.717) is 6.04 Å². The van der Waals surface area contributed by atoms with Crippen LogP contribution in [0.25, 0.3) is 0 Å². The van der Waals surface area contributed by atoms with Crippen LogP contribution < -0.4 is 5.32 Å². The third kappa shape index (κ3) is 2.98. The summed E-state index contributed by atoms with van der Waals surface area (Å²) in [4.78, 5) is 0. The van der Waals surface area contributed by atoms with Crippen LogP contribution in [0.5, 0.6) is 0 Å². The van der Waals surface area contributed by atoms with Gasteiger partial charge in [-0.05, 0) is 44.7 Å². The van der Waals surface area contributed by atoms with Crippen molar-refractivity contribution in [1.82, 2.24) is 15.1 Å². The number of nitrogens with zero attached hydrogens (tertiary/aromatic N) is 2. The summed E-state index contributed by atoms with van der Waals surface area (Å²) >= 11 is 2.00. The maximum Gasteiger partial charge on any atom is 0.0723 e. The molecule has 1 aromatic heterocycles. The van der Waals surface area contributed by atoms with Crippen LogP contribution in [-0.4, -0.2) is 28.6 Å². The van der Waals surface area contributed by atoms with E-state index >= 15 is 0 Å². The van der Waals surface area contributed by atoms with Gasteiger partial charge in [-0.2, -0.15) is 16.9 Å². The van der Waals surface area contributed by atoms with Crippen molar-refractivity contribution in [3.05, 3.63) is 18.0 Å². The Kier molecular flexibility index (Phi) is 3.70. The largest absolute Gasteiger partial charge is 0.316 e. The van der Waals surface area contributed by atoms with Crippen molar-refractivity contribution in [2.45, 2.75) is 25.6 Å². The lowest BCUT2D eigenvalue weighted by Gasteiger charge is -2.26. The van der Waals surface area contributed by atoms with Crippen molar-refractivity contribution in [1.29, 1.82) is 0 Å². The topological polar surface area (TPSA) is 29.9 Å². The summed E-state index contributed by atoms with van der Waals surface area (Å²) in [6.45, 7) is 6.72. The molecule has 0 aromatic carbocycles. The lowest BCUT2D eigenvalue weighted by Crippen LogP contribution is -2.43. The van der Waals surface area contributed by atoms with E-state index in [-0.39, 0.29) is 0 Å². The molecule has 0 unspecified atom stereocenters. The molecule has 2 heterocycles. The fourth-order valence-corrected chi connectivity index (χ4v) is 2.59. The predicted molar refractivity (Wildman–Crippen MR) is 65.1 cm³/mol. The smallest absolute Gasteiger partial charge is 0.0723 e. The molecule has 0 spiro atoms. The van der Waals surface area contributed by atoms with Crippen LogP contribution >= 0.6 is 11.8 Å². The third-order valence-electron chi connectivity index (χ3n) is 2.66. The minimum Gasteiger partial charge on any atom is -0.316 e. The zero-order chi connectivity index (χ0) is 10.7. The van der Waals surface area contributed by atoms with Crippen molar-refractivity contribution in [2.24, 2.45) is 5.92 Å². The second-order valence-electron chi connectivity index (χ2n) is 4.42. The first kappa shape index (κ1) is 11.0. The third-order valence-corrected chi connectivity index (χ3v) is 3.87. The van der Waals surface area contributed by atoms with Gasteiger partial charge in [-0.25, -0.2) is 0 Å². The van der Waals surface area contributed by atoms with Crippen LogP contribution in [0.1, 0.15) is 25.6 Å². The summed E-state index contributed by atoms with van der Waals surface area (Å²) in [5.74, 6) is 3.21. The first-order valence-corrected chi connectivity index (χ1v) is 6.73. The first-order chi connectivity index (χ1) is 7.25. The molecule has 1 N–H and O–H groups in total. The number of nitrogens with one attached hydrogen (secondary N) is 1. The SMILES string of the molecule is CC(C)n1ccc(CSCC2CNC2)n1. The number of hydrogen-bond donors (Lipinski definition) is 1. The average molecular weight is 225 g/mol. The molecule has 3 nitrogen and oxygen atoms in total. The summed E-state index contributed by atoms with van der Waals surface area (Å²) < 4.78 is 2.03. The maximum absolute atomic E-state index is 4.53. The Labute approximate surface area is 95.6 Å². The van der Waals surface area contributed by atoms with Gasteiger partial charge < -0.3 is 5.32 Å². The van der Waals surface area contributed by atoms with Gasteiger partial charge in [0.15, 0.2) is 0 Å². The number of thioether (sulfide) groups is 1. The van der Waals surface area contributed by atoms with E-state index in [1.54, 1.807) is 0 Å². The zero-order valence-electron chi connectivity index (χ0n) is 9.44. The maximum atomic E-state index is 4.53. The summed E-state index contributed by atoms with van der Waals surface area (Å²) in [5, 5.41) is 7.83. The molecule has 4 heteroatoms. The van der Waals surface area contributed by atoms with E-state index in [9.17, 15) is 0 Å². The number of rotatable bonds is 5. The Morgan fingerprint density at radius 3 is 2.93 bits per heavy atom. The molecule has 1 aliphatic rings. The molecule has 0 atom stereocenters. The first-order valence-electron chi connectivity index (χ1n) is 5.58. The summed E-state index contributed by atoms with van der Waals surface area (Å²) in [5.41, 5.74) is 1.21. The van der Waals surface area contributed by atoms with E-state index in [1.165, 1.54) is 24.5 Å². The van der Waals surface area contributed by atoms with Gasteiger partial charge in [0.2, 0.25) is 0 Å². The minimum atomic E-state index is 0.472. The second-order valence-corrected chi connectivity index (χ2v) is 5.45. The highest BCUT2D eigenvalue weighted by Crippen LogP contribution is 2.17. The Morgan fingerprint density at radius 1 is 1.60 bits per heavy atom. The Morgan fingerprint density at radius 2 is 2.40 bits per heavy atom. The molecule has 0 radical (unpaired) electrons. The lowest BCUT2D eigenvalue weighted by atomic mass is 10.1. The Balaban J connectivity index is 1.72. The Bertz CT molecular complexity index is 305. The summed E-state index contributed by atoms with van der Waals surface area (Å²) in [6.07, 6.45) is 2.07. The molecular formula is C11H19N3S. The molecule has 1 aromatic rings. The molecule has 15 heavy (non-hydrogen) atoms. The number of aromatic nitrogens is 2. The summed E-state index contributed by atoms with van der Waals surface area (Å²) in [6, 6.07) is 2.60. The van der Waals surface area contributed by atoms with Crippen molar-refractivity contribution in [3.63, 3.8) is 0 Å². The van der Waals surface area contributed by atoms with Gasteiger partial charge in [-0.15, -0.1) is 0 Å². The average Bonchev–Trinajstić information content (AvgIpc) is 2.57. The van der Waals surface area contributed by atoms with Gasteiger partial charge in [-0.1, -0.05) is 0 Å². The highest BCUT2D eigenvalue weighted by Gasteiger charge is 2.16. The molecule has 2 rings (SSSR count). The van der Waals surface area contributed by atoms with Crippen molar-refractivity contribution in [2.75, 3.05) is 18.8 Å². The van der Waals surface area contributed by atoms with Crippen LogP contribution in [-0.2, 0) is 5.75 Å². The van der Waals surface area contributed by atoms with Gasteiger partial charge in [-0.3, -0.25) is 4.68 Å². The van der Waals surface area contributed by atoms with Gasteiger partial charge >= 0.3 is 0 Å². The monoisotopic (exact) mass is 225 g/mol. The van der Waals surface area contributed by atoms with Crippen molar-refractivity contribution < 1.29 is 0 Å². The highest BCUT2D eigenvalue weighted by molar-refractivity contribution is 7.98. The molecule has 1 aliphatic heterocycles. The molecule has 84 valence electrons. The van der Waals surface area contributed by atoms with Crippen LogP contribution in [0, 0.1) is 5.92 Å². The van der Waals surface area contributed by atoms with Crippen molar-refractivity contribution in [3.8, 4) is 0 Å². The predicted octanol–water partition coefficient (Wildman–Crippen LogP) is 1.92. The Hall–Kier alpha value is -0.480. The van der Waals surface area contributed by atoms with Crippen LogP contribution in [0.2, 0.25) is 0 Å². The fraction of sp³-hybridized carbons (Fsp3) is 0.727. The standard InChI is InChI=1S/C11H19N3S/c1-9(2)14-4-3-11(13-14)8-15-7-10-5-12-6-10/h3-4,9-10,12H,5-8H2,1-2H3. The normalized spacial score (nSPS) is 17.0. The van der Waals surface area contributed by atoms with Gasteiger partial charge in [0.05, 0.1) is 5.69 Å².